The van der Waals surface area contributed by atoms with Crippen LogP contribution in [-0.2, 0) is 9.53 Å². The van der Waals surface area contributed by atoms with Crippen LogP contribution in [0.25, 0.3) is 0 Å². The molecule has 0 spiro atoms. The minimum atomic E-state index is -1.09. The molecule has 0 fully saturated rings. The second-order valence-corrected chi connectivity index (χ2v) is 10.0. The quantitative estimate of drug-likeness (QED) is 0.355. The van der Waals surface area contributed by atoms with Crippen molar-refractivity contribution in [1.82, 2.24) is 9.97 Å². The second kappa shape index (κ2) is 9.70. The molecule has 1 aromatic carbocycles. The van der Waals surface area contributed by atoms with Gasteiger partial charge in [0.15, 0.2) is 10.9 Å². The summed E-state index contributed by atoms with van der Waals surface area (Å²) in [5.41, 5.74) is 1.13. The Kier molecular flexibility index (Phi) is 6.83. The molecule has 1 atom stereocenters. The highest BCUT2D eigenvalue weighted by atomic mass is 32.1. The van der Waals surface area contributed by atoms with Gasteiger partial charge in [0, 0.05) is 11.6 Å². The first-order valence-corrected chi connectivity index (χ1v) is 12.3. The van der Waals surface area contributed by atoms with Crippen molar-refractivity contribution in [1.29, 1.82) is 0 Å². The third-order valence-corrected chi connectivity index (χ3v) is 7.87. The number of aliphatic hydroxyl groups is 1. The Hall–Kier alpha value is -3.77. The molecule has 4 rings (SSSR count). The number of ketones is 1. The molecule has 0 radical (unpaired) electrons. The van der Waals surface area contributed by atoms with Crippen molar-refractivity contribution in [2.75, 3.05) is 26.2 Å². The molecule has 1 unspecified atom stereocenters. The number of rotatable bonds is 7. The lowest BCUT2D eigenvalue weighted by Crippen LogP contribution is -2.31. The Morgan fingerprint density at radius 3 is 2.28 bits per heavy atom. The van der Waals surface area contributed by atoms with E-state index in [1.165, 1.54) is 37.6 Å². The van der Waals surface area contributed by atoms with E-state index in [0.717, 1.165) is 11.3 Å². The minimum absolute atomic E-state index is 0.118. The van der Waals surface area contributed by atoms with Gasteiger partial charge in [-0.05, 0) is 32.9 Å². The van der Waals surface area contributed by atoms with E-state index in [0.29, 0.717) is 38.3 Å². The van der Waals surface area contributed by atoms with Gasteiger partial charge in [-0.15, -0.1) is 11.3 Å². The van der Waals surface area contributed by atoms with Crippen molar-refractivity contribution in [2.24, 2.45) is 0 Å². The van der Waals surface area contributed by atoms with Crippen molar-refractivity contribution in [3.05, 3.63) is 61.2 Å². The smallest absolute Gasteiger partial charge is 0.350 e. The summed E-state index contributed by atoms with van der Waals surface area (Å²) in [6.07, 6.45) is 0. The van der Waals surface area contributed by atoms with Crippen molar-refractivity contribution >= 4 is 45.5 Å². The lowest BCUT2D eigenvalue weighted by atomic mass is 9.94. The molecule has 36 heavy (non-hydrogen) atoms. The number of Topliss-reactive ketones (excluding diaryl/α,β-unsaturated/α-hetero) is 1. The number of esters is 1. The zero-order valence-corrected chi connectivity index (χ0v) is 22.0. The predicted octanol–water partition coefficient (Wildman–Crippen LogP) is 4.11. The van der Waals surface area contributed by atoms with Gasteiger partial charge in [0.25, 0.3) is 5.91 Å². The number of aliphatic hydroxyl groups excluding tert-OH is 1. The molecule has 0 bridgehead atoms. The number of thiazole rings is 2. The van der Waals surface area contributed by atoms with Gasteiger partial charge in [-0.25, -0.2) is 14.8 Å². The zero-order valence-electron chi connectivity index (χ0n) is 20.4. The maximum atomic E-state index is 13.8. The molecule has 1 N–H and O–H groups in total. The summed E-state index contributed by atoms with van der Waals surface area (Å²) < 4.78 is 15.7. The lowest BCUT2D eigenvalue weighted by molar-refractivity contribution is -0.117. The summed E-state index contributed by atoms with van der Waals surface area (Å²) in [7, 11) is 4.20. The summed E-state index contributed by atoms with van der Waals surface area (Å²) in [5.74, 6) is -1.84. The monoisotopic (exact) mass is 529 g/mol. The molecule has 3 heterocycles. The summed E-state index contributed by atoms with van der Waals surface area (Å²) in [5, 5.41) is 11.8. The zero-order chi connectivity index (χ0) is 26.3. The first-order chi connectivity index (χ1) is 17.1. The molecular formula is C24H23N3O7S2. The van der Waals surface area contributed by atoms with Gasteiger partial charge in [0.05, 0.1) is 48.2 Å². The van der Waals surface area contributed by atoms with E-state index >= 15 is 0 Å². The Bertz CT molecular complexity index is 1420. The normalized spacial score (nSPS) is 15.4. The summed E-state index contributed by atoms with van der Waals surface area (Å²) in [4.78, 5) is 49.9. The number of aryl methyl sites for hydroxylation is 3. The van der Waals surface area contributed by atoms with E-state index in [2.05, 4.69) is 9.97 Å². The topological polar surface area (TPSA) is 128 Å². The molecule has 1 aliphatic heterocycles. The van der Waals surface area contributed by atoms with Crippen LogP contribution in [0.4, 0.5) is 5.13 Å². The van der Waals surface area contributed by atoms with Crippen LogP contribution in [-0.4, -0.2) is 54.1 Å². The molecule has 1 amide bonds. The van der Waals surface area contributed by atoms with E-state index in [1.807, 2.05) is 0 Å². The fourth-order valence-electron chi connectivity index (χ4n) is 4.00. The predicted molar refractivity (Wildman–Crippen MR) is 134 cm³/mol. The molecule has 10 nitrogen and oxygen atoms in total. The first kappa shape index (κ1) is 25.3. The van der Waals surface area contributed by atoms with Crippen molar-refractivity contribution in [2.45, 2.75) is 26.8 Å². The molecule has 0 saturated heterocycles. The van der Waals surface area contributed by atoms with Crippen LogP contribution in [0.5, 0.6) is 11.5 Å². The van der Waals surface area contributed by atoms with Crippen molar-refractivity contribution in [3.8, 4) is 11.5 Å². The third kappa shape index (κ3) is 4.11. The first-order valence-electron chi connectivity index (χ1n) is 10.7. The fourth-order valence-corrected chi connectivity index (χ4v) is 5.89. The van der Waals surface area contributed by atoms with Crippen molar-refractivity contribution in [3.63, 3.8) is 0 Å². The van der Waals surface area contributed by atoms with Crippen LogP contribution < -0.4 is 14.4 Å². The molecule has 0 saturated carbocycles. The summed E-state index contributed by atoms with van der Waals surface area (Å²) in [6, 6.07) is 3.84. The standard InChI is InChI=1S/C24H23N3O7S2/c1-10-20(35-12(3)25-10)18(28)16-17(14-8-7-13(32-4)9-15(14)33-5)27(22(30)19(16)29)24-26-11(2)21(36-24)23(31)34-6/h7-9,17,29H,1-6H3. The van der Waals surface area contributed by atoms with Crippen LogP contribution in [0.1, 0.15) is 47.3 Å². The van der Waals surface area contributed by atoms with E-state index < -0.39 is 29.5 Å². The largest absolute Gasteiger partial charge is 0.503 e. The Morgan fingerprint density at radius 2 is 1.69 bits per heavy atom. The van der Waals surface area contributed by atoms with E-state index in [9.17, 15) is 19.5 Å². The number of amides is 1. The number of benzene rings is 1. The molecule has 12 heteroatoms. The van der Waals surface area contributed by atoms with Gasteiger partial charge < -0.3 is 19.3 Å². The van der Waals surface area contributed by atoms with Crippen LogP contribution in [0.3, 0.4) is 0 Å². The average molecular weight is 530 g/mol. The SMILES string of the molecule is COC(=O)c1sc(N2C(=O)C(O)=C(C(=O)c3sc(C)nc3C)C2c2ccc(OC)cc2OC)nc1C. The second-order valence-electron chi connectivity index (χ2n) is 7.83. The Morgan fingerprint density at radius 1 is 1.00 bits per heavy atom. The maximum absolute atomic E-state index is 13.8. The number of hydrogen-bond acceptors (Lipinski definition) is 11. The highest BCUT2D eigenvalue weighted by molar-refractivity contribution is 7.17. The summed E-state index contributed by atoms with van der Waals surface area (Å²) >= 11 is 2.10. The van der Waals surface area contributed by atoms with E-state index in [1.54, 1.807) is 39.0 Å². The number of anilines is 1. The number of ether oxygens (including phenoxy) is 3. The van der Waals surface area contributed by atoms with Crippen LogP contribution in [0, 0.1) is 20.8 Å². The van der Waals surface area contributed by atoms with E-state index in [-0.39, 0.29) is 15.6 Å². The van der Waals surface area contributed by atoms with Gasteiger partial charge in [0.2, 0.25) is 5.78 Å². The van der Waals surface area contributed by atoms with Gasteiger partial charge in [-0.1, -0.05) is 11.3 Å². The lowest BCUT2D eigenvalue weighted by Gasteiger charge is -2.26. The van der Waals surface area contributed by atoms with E-state index in [4.69, 9.17) is 14.2 Å². The molecule has 2 aromatic heterocycles. The highest BCUT2D eigenvalue weighted by Gasteiger charge is 2.48. The molecular weight excluding hydrogens is 506 g/mol. The molecule has 188 valence electrons. The third-order valence-electron chi connectivity index (χ3n) is 5.66. The number of nitrogens with zero attached hydrogens (tertiary/aromatic N) is 3. The number of carbonyl (C=O) groups excluding carboxylic acids is 3. The number of hydrogen-bond donors (Lipinski definition) is 1. The van der Waals surface area contributed by atoms with Gasteiger partial charge in [-0.2, -0.15) is 0 Å². The van der Waals surface area contributed by atoms with Gasteiger partial charge in [-0.3, -0.25) is 14.5 Å². The number of methoxy groups -OCH3 is 3. The number of aromatic nitrogens is 2. The molecule has 1 aliphatic rings. The van der Waals surface area contributed by atoms with Gasteiger partial charge >= 0.3 is 5.97 Å². The Balaban J connectivity index is 1.95. The number of carbonyl (C=O) groups is 3. The Labute approximate surface area is 214 Å². The van der Waals surface area contributed by atoms with Gasteiger partial charge in [0.1, 0.15) is 22.4 Å². The highest BCUT2D eigenvalue weighted by Crippen LogP contribution is 2.47. The average Bonchev–Trinajstić information content (AvgIpc) is 3.50. The molecule has 0 aliphatic carbocycles. The maximum Gasteiger partial charge on any atom is 0.350 e. The van der Waals surface area contributed by atoms with Crippen LogP contribution >= 0.6 is 22.7 Å². The molecule has 3 aromatic rings. The summed E-state index contributed by atoms with van der Waals surface area (Å²) in [6.45, 7) is 5.07. The van der Waals surface area contributed by atoms with Crippen LogP contribution in [0.15, 0.2) is 29.5 Å². The minimum Gasteiger partial charge on any atom is -0.503 e. The van der Waals surface area contributed by atoms with Crippen LogP contribution in [0.2, 0.25) is 0 Å². The van der Waals surface area contributed by atoms with Crippen molar-refractivity contribution < 1.29 is 33.7 Å². The fraction of sp³-hybridized carbons (Fsp3) is 0.292.